The third-order valence-electron chi connectivity index (χ3n) is 8.13. The Bertz CT molecular complexity index is 1920. The Morgan fingerprint density at radius 3 is 2.58 bits per heavy atom. The zero-order valence-corrected chi connectivity index (χ0v) is 25.9. The summed E-state index contributed by atoms with van der Waals surface area (Å²) in [6.07, 6.45) is 5.31. The molecule has 248 valence electrons. The molecule has 1 atom stereocenters. The van der Waals surface area contributed by atoms with Gasteiger partial charge in [-0.25, -0.2) is 15.4 Å². The molecular formula is C33H33F2N9O4. The summed E-state index contributed by atoms with van der Waals surface area (Å²) in [7, 11) is 0. The molecule has 6 rings (SSSR count). The molecule has 1 aliphatic rings. The fourth-order valence-electron chi connectivity index (χ4n) is 5.65. The normalized spacial score (nSPS) is 14.8. The monoisotopic (exact) mass is 657 g/mol. The van der Waals surface area contributed by atoms with Crippen molar-refractivity contribution in [1.29, 1.82) is 0 Å². The number of amidine groups is 1. The van der Waals surface area contributed by atoms with Crippen molar-refractivity contribution in [3.05, 3.63) is 90.6 Å². The van der Waals surface area contributed by atoms with Gasteiger partial charge in [-0.2, -0.15) is 13.9 Å². The number of carbonyl (C=O) groups is 2. The van der Waals surface area contributed by atoms with E-state index in [0.29, 0.717) is 59.7 Å². The summed E-state index contributed by atoms with van der Waals surface area (Å²) < 4.78 is 37.7. The predicted octanol–water partition coefficient (Wildman–Crippen LogP) is 4.67. The molecule has 1 saturated heterocycles. The highest BCUT2D eigenvalue weighted by Crippen LogP contribution is 2.32. The number of nitrogens with two attached hydrogens (primary N) is 1. The second kappa shape index (κ2) is 14.4. The van der Waals surface area contributed by atoms with Gasteiger partial charge in [0.1, 0.15) is 11.2 Å². The number of nitrogens with zero attached hydrogens (tertiary/aromatic N) is 6. The van der Waals surface area contributed by atoms with Crippen LogP contribution in [0.25, 0.3) is 33.8 Å². The summed E-state index contributed by atoms with van der Waals surface area (Å²) in [6, 6.07) is 18.3. The number of amides is 1. The summed E-state index contributed by atoms with van der Waals surface area (Å²) in [5.41, 5.74) is 10.2. The first kappa shape index (κ1) is 32.2. The number of nitrogens with one attached hydrogen (secondary N) is 2. The van der Waals surface area contributed by atoms with Crippen molar-refractivity contribution in [2.45, 2.75) is 32.4 Å². The number of hydrogen-bond acceptors (Lipinski definition) is 10. The molecule has 48 heavy (non-hydrogen) atoms. The molecule has 5 aromatic rings. The SMILES string of the molecule is CC(=O)OCC(=NN)NN[C@H](c1ccccc1)C1CCN(C(=O)c2cc(-c3nc4cc(-c5cn(C(F)F)cn5)ccc4o3)ccn2)CC1. The average molecular weight is 658 g/mol. The number of hydrazine groups is 1. The number of alkyl halides is 2. The number of likely N-dealkylation sites (tertiary alicyclic amines) is 1. The van der Waals surface area contributed by atoms with Crippen LogP contribution < -0.4 is 16.7 Å². The average Bonchev–Trinajstić information content (AvgIpc) is 3.78. The number of carbonyl (C=O) groups excluding carboxylic acids is 2. The van der Waals surface area contributed by atoms with Gasteiger partial charge < -0.3 is 25.3 Å². The quantitative estimate of drug-likeness (QED) is 0.0632. The van der Waals surface area contributed by atoms with Crippen LogP contribution in [0.2, 0.25) is 0 Å². The van der Waals surface area contributed by atoms with Crippen LogP contribution in [-0.4, -0.2) is 61.8 Å². The molecule has 4 heterocycles. The molecule has 0 bridgehead atoms. The summed E-state index contributed by atoms with van der Waals surface area (Å²) in [5.74, 6) is 5.56. The third-order valence-corrected chi connectivity index (χ3v) is 8.13. The fraction of sp³-hybridized carbons (Fsp3) is 0.273. The Labute approximate surface area is 273 Å². The van der Waals surface area contributed by atoms with Gasteiger partial charge in [0.15, 0.2) is 18.0 Å². The van der Waals surface area contributed by atoms with Crippen molar-refractivity contribution in [2.75, 3.05) is 19.7 Å². The van der Waals surface area contributed by atoms with E-state index in [4.69, 9.17) is 15.0 Å². The highest BCUT2D eigenvalue weighted by Gasteiger charge is 2.31. The third kappa shape index (κ3) is 7.31. The van der Waals surface area contributed by atoms with Gasteiger partial charge in [0.25, 0.3) is 5.91 Å². The van der Waals surface area contributed by atoms with E-state index >= 15 is 0 Å². The molecule has 0 spiro atoms. The number of hydrazone groups is 1. The standard InChI is InChI=1S/C33H33F2N9O4/c1-20(45)47-18-29(40-36)41-42-30(21-5-3-2-4-6-21)22-10-13-43(14-11-22)32(46)26-16-24(9-12-37-26)31-39-25-15-23(7-8-28(25)48-31)27-17-44(19-38-27)33(34)35/h2-9,12,15-17,19,22,30,33,42H,10-11,13-14,18,36H2,1H3,(H,40,41)/t30-/m1/s1. The molecule has 1 fully saturated rings. The highest BCUT2D eigenvalue weighted by molar-refractivity contribution is 5.93. The molecule has 1 amide bonds. The first-order chi connectivity index (χ1) is 23.3. The number of rotatable bonds is 10. The molecule has 0 saturated carbocycles. The maximum absolute atomic E-state index is 13.6. The fourth-order valence-corrected chi connectivity index (χ4v) is 5.65. The Morgan fingerprint density at radius 1 is 1.08 bits per heavy atom. The van der Waals surface area contributed by atoms with Crippen molar-refractivity contribution < 1.29 is 27.5 Å². The number of esters is 1. The van der Waals surface area contributed by atoms with Crippen LogP contribution in [0.5, 0.6) is 0 Å². The van der Waals surface area contributed by atoms with E-state index in [9.17, 15) is 18.4 Å². The Morgan fingerprint density at radius 2 is 1.88 bits per heavy atom. The number of hydrogen-bond donors (Lipinski definition) is 3. The zero-order valence-electron chi connectivity index (χ0n) is 25.9. The first-order valence-corrected chi connectivity index (χ1v) is 15.2. The van der Waals surface area contributed by atoms with Crippen molar-refractivity contribution in [1.82, 2.24) is 35.3 Å². The molecule has 13 nitrogen and oxygen atoms in total. The minimum Gasteiger partial charge on any atom is -0.458 e. The second-order valence-electron chi connectivity index (χ2n) is 11.3. The Balaban J connectivity index is 1.12. The molecule has 1 aliphatic heterocycles. The maximum atomic E-state index is 13.6. The van der Waals surface area contributed by atoms with Gasteiger partial charge in [0, 0.05) is 43.5 Å². The number of aromatic nitrogens is 4. The second-order valence-corrected chi connectivity index (χ2v) is 11.3. The summed E-state index contributed by atoms with van der Waals surface area (Å²) in [6.45, 7) is -0.445. The topological polar surface area (TPSA) is 166 Å². The van der Waals surface area contributed by atoms with E-state index in [1.807, 2.05) is 30.3 Å². The van der Waals surface area contributed by atoms with Crippen LogP contribution in [0.1, 0.15) is 48.4 Å². The molecule has 0 unspecified atom stereocenters. The molecule has 15 heteroatoms. The molecule has 3 aromatic heterocycles. The van der Waals surface area contributed by atoms with E-state index in [-0.39, 0.29) is 36.0 Å². The lowest BCUT2D eigenvalue weighted by Crippen LogP contribution is -2.47. The summed E-state index contributed by atoms with van der Waals surface area (Å²) in [4.78, 5) is 39.6. The number of fused-ring (bicyclic) bond motifs is 1. The number of piperidine rings is 1. The lowest BCUT2D eigenvalue weighted by molar-refractivity contribution is -0.139. The first-order valence-electron chi connectivity index (χ1n) is 15.2. The minimum atomic E-state index is -2.68. The van der Waals surface area contributed by atoms with Gasteiger partial charge in [-0.1, -0.05) is 30.3 Å². The van der Waals surface area contributed by atoms with E-state index in [2.05, 4.69) is 30.9 Å². The predicted molar refractivity (Wildman–Crippen MR) is 172 cm³/mol. The van der Waals surface area contributed by atoms with Gasteiger partial charge in [-0.15, -0.1) is 0 Å². The number of imidazole rings is 1. The van der Waals surface area contributed by atoms with Gasteiger partial charge in [-0.3, -0.25) is 19.1 Å². The van der Waals surface area contributed by atoms with E-state index in [0.717, 1.165) is 16.5 Å². The minimum absolute atomic E-state index is 0.0975. The Hall–Kier alpha value is -5.70. The van der Waals surface area contributed by atoms with Gasteiger partial charge in [0.05, 0.1) is 18.1 Å². The maximum Gasteiger partial charge on any atom is 0.319 e. The number of ether oxygens (including phenoxy) is 1. The summed E-state index contributed by atoms with van der Waals surface area (Å²) in [5, 5.41) is 3.67. The molecule has 4 N–H and O–H groups in total. The molecule has 0 aliphatic carbocycles. The highest BCUT2D eigenvalue weighted by atomic mass is 19.3. The van der Waals surface area contributed by atoms with Crippen LogP contribution in [0, 0.1) is 5.92 Å². The van der Waals surface area contributed by atoms with Crippen LogP contribution in [-0.2, 0) is 9.53 Å². The van der Waals surface area contributed by atoms with Crippen LogP contribution >= 0.6 is 0 Å². The lowest BCUT2D eigenvalue weighted by Gasteiger charge is -2.36. The number of oxazole rings is 1. The smallest absolute Gasteiger partial charge is 0.319 e. The number of pyridine rings is 1. The van der Waals surface area contributed by atoms with Crippen LogP contribution in [0.4, 0.5) is 8.78 Å². The van der Waals surface area contributed by atoms with E-state index in [1.54, 1.807) is 41.4 Å². The van der Waals surface area contributed by atoms with Gasteiger partial charge >= 0.3 is 12.5 Å². The van der Waals surface area contributed by atoms with Crippen molar-refractivity contribution in [2.24, 2.45) is 16.9 Å². The van der Waals surface area contributed by atoms with E-state index < -0.39 is 12.5 Å². The van der Waals surface area contributed by atoms with Crippen molar-refractivity contribution in [3.8, 4) is 22.7 Å². The Kier molecular flexibility index (Phi) is 9.66. The molecular weight excluding hydrogens is 624 g/mol. The van der Waals surface area contributed by atoms with Crippen LogP contribution in [0.3, 0.4) is 0 Å². The van der Waals surface area contributed by atoms with Crippen molar-refractivity contribution in [3.63, 3.8) is 0 Å². The number of benzene rings is 2. The van der Waals surface area contributed by atoms with Gasteiger partial charge in [0.2, 0.25) is 5.89 Å². The van der Waals surface area contributed by atoms with Crippen molar-refractivity contribution >= 4 is 28.8 Å². The molecule has 2 aromatic carbocycles. The largest absolute Gasteiger partial charge is 0.458 e. The summed E-state index contributed by atoms with van der Waals surface area (Å²) >= 11 is 0. The van der Waals surface area contributed by atoms with Gasteiger partial charge in [-0.05, 0) is 54.7 Å². The molecule has 0 radical (unpaired) electrons. The van der Waals surface area contributed by atoms with Crippen LogP contribution in [0.15, 0.2) is 88.9 Å². The lowest BCUT2D eigenvalue weighted by atomic mass is 9.85. The number of halogens is 2. The van der Waals surface area contributed by atoms with E-state index in [1.165, 1.54) is 13.1 Å². The zero-order chi connectivity index (χ0) is 33.6.